The molecule has 0 N–H and O–H groups in total. The average Bonchev–Trinajstić information content (AvgIpc) is 2.59. The predicted molar refractivity (Wildman–Crippen MR) is 60.4 cm³/mol. The Hall–Kier alpha value is -1.39. The van der Waals surface area contributed by atoms with Gasteiger partial charge in [0, 0.05) is 0 Å². The van der Waals surface area contributed by atoms with Gasteiger partial charge in [-0.1, -0.05) is 19.1 Å². The molecule has 0 saturated carbocycles. The number of hydrogen-bond donors (Lipinski definition) is 0. The monoisotopic (exact) mass is 225 g/mol. The summed E-state index contributed by atoms with van der Waals surface area (Å²) >= 11 is 0. The van der Waals surface area contributed by atoms with Crippen molar-refractivity contribution in [2.75, 3.05) is 7.11 Å². The lowest BCUT2D eigenvalue weighted by atomic mass is 10.0. The summed E-state index contributed by atoms with van der Waals surface area (Å²) in [5, 5.41) is 7.96. The molecule has 0 aliphatic carbocycles. The van der Waals surface area contributed by atoms with Gasteiger partial charge in [-0.25, -0.2) is 9.48 Å². The molecule has 1 rings (SSSR count). The van der Waals surface area contributed by atoms with Crippen LogP contribution in [0.2, 0.25) is 0 Å². The van der Waals surface area contributed by atoms with Crippen LogP contribution in [-0.2, 0) is 10.3 Å². The fraction of sp³-hybridized carbons (Fsp3) is 0.727. The zero-order valence-electron chi connectivity index (χ0n) is 10.7. The zero-order chi connectivity index (χ0) is 12.5. The predicted octanol–water partition coefficient (Wildman–Crippen LogP) is 1.94. The molecule has 0 unspecified atom stereocenters. The van der Waals surface area contributed by atoms with E-state index < -0.39 is 5.97 Å². The van der Waals surface area contributed by atoms with E-state index in [-0.39, 0.29) is 11.5 Å². The van der Waals surface area contributed by atoms with E-state index >= 15 is 0 Å². The van der Waals surface area contributed by atoms with Crippen LogP contribution in [-0.4, -0.2) is 28.1 Å². The summed E-state index contributed by atoms with van der Waals surface area (Å²) in [5.41, 5.74) is 0.936. The summed E-state index contributed by atoms with van der Waals surface area (Å²) in [6, 6.07) is 0. The van der Waals surface area contributed by atoms with Gasteiger partial charge in [0.25, 0.3) is 0 Å². The molecule has 5 nitrogen and oxygen atoms in total. The van der Waals surface area contributed by atoms with Gasteiger partial charge < -0.3 is 4.74 Å². The second-order valence-corrected chi connectivity index (χ2v) is 5.05. The maximum Gasteiger partial charge on any atom is 0.360 e. The molecule has 0 aliphatic rings. The van der Waals surface area contributed by atoms with Crippen molar-refractivity contribution >= 4 is 5.97 Å². The Morgan fingerprint density at radius 2 is 1.94 bits per heavy atom. The highest BCUT2D eigenvalue weighted by Gasteiger charge is 2.27. The topological polar surface area (TPSA) is 57.0 Å². The molecule has 1 heterocycles. The summed E-state index contributed by atoms with van der Waals surface area (Å²) in [7, 11) is 1.35. The molecule has 0 aromatic carbocycles. The van der Waals surface area contributed by atoms with Crippen molar-refractivity contribution in [3.05, 3.63) is 11.4 Å². The fourth-order valence-corrected chi connectivity index (χ4v) is 1.54. The highest BCUT2D eigenvalue weighted by atomic mass is 16.5. The fourth-order valence-electron chi connectivity index (χ4n) is 1.54. The largest absolute Gasteiger partial charge is 0.464 e. The first-order chi connectivity index (χ1) is 7.29. The summed E-state index contributed by atoms with van der Waals surface area (Å²) in [6.07, 6.45) is 0. The molecular weight excluding hydrogens is 206 g/mol. The van der Waals surface area contributed by atoms with Gasteiger partial charge in [0.15, 0.2) is 5.69 Å². The molecule has 0 atom stereocenters. The van der Waals surface area contributed by atoms with Crippen molar-refractivity contribution in [3.8, 4) is 0 Å². The number of methoxy groups -OCH3 is 1. The Morgan fingerprint density at radius 3 is 2.31 bits per heavy atom. The van der Waals surface area contributed by atoms with E-state index in [4.69, 9.17) is 4.74 Å². The minimum Gasteiger partial charge on any atom is -0.464 e. The normalized spacial score (nSPS) is 11.9. The van der Waals surface area contributed by atoms with Crippen LogP contribution in [0.25, 0.3) is 0 Å². The average molecular weight is 225 g/mol. The van der Waals surface area contributed by atoms with Crippen LogP contribution in [0.4, 0.5) is 0 Å². The third-order valence-electron chi connectivity index (χ3n) is 2.27. The molecule has 0 saturated heterocycles. The van der Waals surface area contributed by atoms with Crippen LogP contribution in [0.5, 0.6) is 0 Å². The minimum atomic E-state index is -0.431. The van der Waals surface area contributed by atoms with Gasteiger partial charge in [0.1, 0.15) is 0 Å². The number of esters is 1. The van der Waals surface area contributed by atoms with E-state index in [1.807, 2.05) is 34.6 Å². The van der Waals surface area contributed by atoms with Crippen molar-refractivity contribution in [1.29, 1.82) is 0 Å². The van der Waals surface area contributed by atoms with E-state index in [1.54, 1.807) is 4.68 Å². The van der Waals surface area contributed by atoms with E-state index in [2.05, 4.69) is 10.3 Å². The smallest absolute Gasteiger partial charge is 0.360 e. The van der Waals surface area contributed by atoms with Crippen LogP contribution >= 0.6 is 0 Å². The van der Waals surface area contributed by atoms with Crippen LogP contribution in [0.3, 0.4) is 0 Å². The number of carbonyl (C=O) groups excluding carboxylic acids is 1. The molecule has 0 fully saturated rings. The van der Waals surface area contributed by atoms with Crippen molar-refractivity contribution in [2.45, 2.75) is 46.1 Å². The van der Waals surface area contributed by atoms with E-state index in [0.717, 1.165) is 5.69 Å². The SMILES string of the molecule is COC(=O)c1nnn(C(C)(C)C)c1C(C)C. The molecule has 0 amide bonds. The van der Waals surface area contributed by atoms with Crippen LogP contribution < -0.4 is 0 Å². The molecule has 0 bridgehead atoms. The Bertz CT molecular complexity index is 388. The molecular formula is C11H19N3O2. The van der Waals surface area contributed by atoms with Gasteiger partial charge in [0.05, 0.1) is 18.3 Å². The lowest BCUT2D eigenvalue weighted by Gasteiger charge is -2.22. The van der Waals surface area contributed by atoms with Gasteiger partial charge in [-0.2, -0.15) is 0 Å². The molecule has 1 aromatic heterocycles. The third-order valence-corrected chi connectivity index (χ3v) is 2.27. The van der Waals surface area contributed by atoms with E-state index in [9.17, 15) is 4.79 Å². The quantitative estimate of drug-likeness (QED) is 0.722. The highest BCUT2D eigenvalue weighted by Crippen LogP contribution is 2.24. The molecule has 16 heavy (non-hydrogen) atoms. The number of nitrogens with zero attached hydrogens (tertiary/aromatic N) is 3. The van der Waals surface area contributed by atoms with Gasteiger partial charge in [0.2, 0.25) is 0 Å². The molecule has 5 heteroatoms. The van der Waals surface area contributed by atoms with Crippen molar-refractivity contribution in [3.63, 3.8) is 0 Å². The van der Waals surface area contributed by atoms with Gasteiger partial charge in [-0.3, -0.25) is 0 Å². The van der Waals surface area contributed by atoms with E-state index in [0.29, 0.717) is 5.69 Å². The first kappa shape index (κ1) is 12.7. The van der Waals surface area contributed by atoms with Gasteiger partial charge >= 0.3 is 5.97 Å². The molecule has 90 valence electrons. The second-order valence-electron chi connectivity index (χ2n) is 5.05. The van der Waals surface area contributed by atoms with E-state index in [1.165, 1.54) is 7.11 Å². The zero-order valence-corrected chi connectivity index (χ0v) is 10.7. The first-order valence-electron chi connectivity index (χ1n) is 5.33. The number of hydrogen-bond acceptors (Lipinski definition) is 4. The molecule has 0 aliphatic heterocycles. The Labute approximate surface area is 95.8 Å². The standard InChI is InChI=1S/C11H19N3O2/c1-7(2)9-8(10(15)16-6)12-13-14(9)11(3,4)5/h7H,1-6H3. The summed E-state index contributed by atoms with van der Waals surface area (Å²) < 4.78 is 6.48. The van der Waals surface area contributed by atoms with Crippen LogP contribution in [0.15, 0.2) is 0 Å². The number of rotatable bonds is 2. The molecule has 0 radical (unpaired) electrons. The highest BCUT2D eigenvalue weighted by molar-refractivity contribution is 5.88. The molecule has 0 spiro atoms. The van der Waals surface area contributed by atoms with Gasteiger partial charge in [-0.15, -0.1) is 5.10 Å². The van der Waals surface area contributed by atoms with Gasteiger partial charge in [-0.05, 0) is 26.7 Å². The Balaban J connectivity index is 3.34. The Morgan fingerprint density at radius 1 is 1.38 bits per heavy atom. The first-order valence-corrected chi connectivity index (χ1v) is 5.33. The number of aromatic nitrogens is 3. The summed E-state index contributed by atoms with van der Waals surface area (Å²) in [6.45, 7) is 10.1. The third kappa shape index (κ3) is 2.23. The van der Waals surface area contributed by atoms with Crippen LogP contribution in [0.1, 0.15) is 56.7 Å². The lowest BCUT2D eigenvalue weighted by Crippen LogP contribution is -2.26. The lowest BCUT2D eigenvalue weighted by molar-refractivity contribution is 0.0592. The maximum absolute atomic E-state index is 11.5. The maximum atomic E-state index is 11.5. The number of ether oxygens (including phenoxy) is 1. The van der Waals surface area contributed by atoms with Crippen LogP contribution in [0, 0.1) is 0 Å². The number of carbonyl (C=O) groups is 1. The van der Waals surface area contributed by atoms with Crippen molar-refractivity contribution < 1.29 is 9.53 Å². The van der Waals surface area contributed by atoms with Crippen molar-refractivity contribution in [1.82, 2.24) is 15.0 Å². The minimum absolute atomic E-state index is 0.170. The second kappa shape index (κ2) is 4.23. The molecule has 1 aromatic rings. The Kier molecular flexibility index (Phi) is 3.35. The summed E-state index contributed by atoms with van der Waals surface area (Å²) in [4.78, 5) is 11.5. The van der Waals surface area contributed by atoms with Crippen molar-refractivity contribution in [2.24, 2.45) is 0 Å². The summed E-state index contributed by atoms with van der Waals surface area (Å²) in [5.74, 6) is -0.262.